The molecule has 0 saturated carbocycles. The largest absolute Gasteiger partial charge is 0.461 e. The molecule has 8 heteroatoms. The Morgan fingerprint density at radius 1 is 1.13 bits per heavy atom. The fourth-order valence-corrected chi connectivity index (χ4v) is 2.71. The molecule has 1 N–H and O–H groups in total. The summed E-state index contributed by atoms with van der Waals surface area (Å²) in [7, 11) is 0. The summed E-state index contributed by atoms with van der Waals surface area (Å²) in [6.45, 7) is 12.1. The van der Waals surface area contributed by atoms with E-state index in [1.54, 1.807) is 33.8 Å². The van der Waals surface area contributed by atoms with E-state index in [4.69, 9.17) is 9.47 Å². The minimum Gasteiger partial charge on any atom is -0.461 e. The molecule has 1 aromatic rings. The van der Waals surface area contributed by atoms with Crippen molar-refractivity contribution in [3.63, 3.8) is 0 Å². The van der Waals surface area contributed by atoms with Crippen LogP contribution in [0.5, 0.6) is 0 Å². The number of alkyl halides is 3. The molecule has 168 valence electrons. The summed E-state index contributed by atoms with van der Waals surface area (Å²) >= 11 is 0. The van der Waals surface area contributed by atoms with Gasteiger partial charge < -0.3 is 14.8 Å². The van der Waals surface area contributed by atoms with Gasteiger partial charge in [0.25, 0.3) is 0 Å². The SMILES string of the molecule is C=C[C@H](Cc1ccc(C(F)(F)F)cc1)C[C@H](C)OC(=O)[C@H](C)NC(=O)OC(C)(C)C. The van der Waals surface area contributed by atoms with Gasteiger partial charge in [0.05, 0.1) is 11.7 Å². The summed E-state index contributed by atoms with van der Waals surface area (Å²) < 4.78 is 48.5. The lowest BCUT2D eigenvalue weighted by molar-refractivity contribution is -0.150. The highest BCUT2D eigenvalue weighted by Gasteiger charge is 2.30. The number of carbonyl (C=O) groups is 2. The van der Waals surface area contributed by atoms with E-state index in [1.807, 2.05) is 0 Å². The summed E-state index contributed by atoms with van der Waals surface area (Å²) in [5.74, 6) is -0.704. The first kappa shape index (κ1) is 25.5. The van der Waals surface area contributed by atoms with E-state index in [-0.39, 0.29) is 5.92 Å². The average molecular weight is 429 g/mol. The van der Waals surface area contributed by atoms with Crippen LogP contribution in [-0.4, -0.2) is 29.8 Å². The first-order valence-electron chi connectivity index (χ1n) is 9.70. The van der Waals surface area contributed by atoms with Gasteiger partial charge in [0.15, 0.2) is 0 Å². The van der Waals surface area contributed by atoms with Gasteiger partial charge in [-0.2, -0.15) is 13.2 Å². The molecule has 0 spiro atoms. The number of amides is 1. The van der Waals surface area contributed by atoms with Crippen LogP contribution in [0.1, 0.15) is 52.2 Å². The zero-order valence-electron chi connectivity index (χ0n) is 18.0. The zero-order valence-corrected chi connectivity index (χ0v) is 18.0. The molecule has 3 atom stereocenters. The number of rotatable bonds is 8. The molecule has 0 radical (unpaired) electrons. The van der Waals surface area contributed by atoms with Gasteiger partial charge in [-0.1, -0.05) is 18.2 Å². The Morgan fingerprint density at radius 3 is 2.17 bits per heavy atom. The van der Waals surface area contributed by atoms with Crippen molar-refractivity contribution in [3.05, 3.63) is 48.0 Å². The van der Waals surface area contributed by atoms with E-state index in [0.29, 0.717) is 12.8 Å². The smallest absolute Gasteiger partial charge is 0.416 e. The van der Waals surface area contributed by atoms with Crippen LogP contribution in [0.3, 0.4) is 0 Å². The highest BCUT2D eigenvalue weighted by molar-refractivity contribution is 5.81. The van der Waals surface area contributed by atoms with Crippen LogP contribution in [0.15, 0.2) is 36.9 Å². The van der Waals surface area contributed by atoms with Crippen molar-refractivity contribution in [1.29, 1.82) is 0 Å². The molecule has 5 nitrogen and oxygen atoms in total. The van der Waals surface area contributed by atoms with Crippen LogP contribution >= 0.6 is 0 Å². The summed E-state index contributed by atoms with van der Waals surface area (Å²) in [6.07, 6.45) is -2.97. The van der Waals surface area contributed by atoms with Crippen molar-refractivity contribution >= 4 is 12.1 Å². The molecule has 0 aliphatic carbocycles. The molecule has 0 bridgehead atoms. The zero-order chi connectivity index (χ0) is 23.1. The lowest BCUT2D eigenvalue weighted by Gasteiger charge is -2.23. The van der Waals surface area contributed by atoms with Gasteiger partial charge in [0.1, 0.15) is 11.6 Å². The van der Waals surface area contributed by atoms with Gasteiger partial charge in [0, 0.05) is 0 Å². The Labute approximate surface area is 175 Å². The molecule has 0 heterocycles. The molecule has 0 fully saturated rings. The Hall–Kier alpha value is -2.51. The molecule has 0 aliphatic rings. The summed E-state index contributed by atoms with van der Waals surface area (Å²) in [5, 5.41) is 2.42. The van der Waals surface area contributed by atoms with Gasteiger partial charge in [-0.25, -0.2) is 9.59 Å². The summed E-state index contributed by atoms with van der Waals surface area (Å²) in [6, 6.07) is 4.07. The monoisotopic (exact) mass is 429 g/mol. The molecular weight excluding hydrogens is 399 g/mol. The first-order valence-corrected chi connectivity index (χ1v) is 9.70. The van der Waals surface area contributed by atoms with Crippen molar-refractivity contribution in [1.82, 2.24) is 5.32 Å². The van der Waals surface area contributed by atoms with Gasteiger partial charge >= 0.3 is 18.2 Å². The second kappa shape index (κ2) is 10.5. The first-order chi connectivity index (χ1) is 13.7. The van der Waals surface area contributed by atoms with Crippen LogP contribution in [-0.2, 0) is 26.9 Å². The van der Waals surface area contributed by atoms with Crippen LogP contribution in [0.4, 0.5) is 18.0 Å². The van der Waals surface area contributed by atoms with E-state index < -0.39 is 41.5 Å². The van der Waals surface area contributed by atoms with Crippen LogP contribution in [0, 0.1) is 5.92 Å². The third kappa shape index (κ3) is 9.33. The molecule has 1 amide bonds. The van der Waals surface area contributed by atoms with Gasteiger partial charge in [-0.3, -0.25) is 0 Å². The molecule has 30 heavy (non-hydrogen) atoms. The predicted molar refractivity (Wildman–Crippen MR) is 108 cm³/mol. The number of hydrogen-bond donors (Lipinski definition) is 1. The highest BCUT2D eigenvalue weighted by Crippen LogP contribution is 2.29. The Kier molecular flexibility index (Phi) is 8.93. The highest BCUT2D eigenvalue weighted by atomic mass is 19.4. The van der Waals surface area contributed by atoms with E-state index in [2.05, 4.69) is 11.9 Å². The van der Waals surface area contributed by atoms with Crippen molar-refractivity contribution in [2.75, 3.05) is 0 Å². The molecule has 1 aromatic carbocycles. The molecule has 0 aliphatic heterocycles. The fourth-order valence-electron chi connectivity index (χ4n) is 2.71. The van der Waals surface area contributed by atoms with Crippen molar-refractivity contribution < 1.29 is 32.2 Å². The average Bonchev–Trinajstić information content (AvgIpc) is 2.58. The van der Waals surface area contributed by atoms with Crippen LogP contribution < -0.4 is 5.32 Å². The maximum absolute atomic E-state index is 12.7. The Bertz CT molecular complexity index is 723. The minimum atomic E-state index is -4.37. The van der Waals surface area contributed by atoms with Gasteiger partial charge in [-0.15, -0.1) is 6.58 Å². The Balaban J connectivity index is 2.56. The fraction of sp³-hybridized carbons (Fsp3) is 0.545. The topological polar surface area (TPSA) is 64.6 Å². The minimum absolute atomic E-state index is 0.0985. The standard InChI is InChI=1S/C22H30F3NO4/c1-7-16(13-17-8-10-18(11-9-17)22(23,24)25)12-14(2)29-19(27)15(3)26-20(28)30-21(4,5)6/h7-11,14-16H,1,12-13H2,2-6H3,(H,26,28)/t14-,15-,16-/m0/s1. The van der Waals surface area contributed by atoms with Crippen LogP contribution in [0.2, 0.25) is 0 Å². The van der Waals surface area contributed by atoms with E-state index >= 15 is 0 Å². The third-order valence-electron chi connectivity index (χ3n) is 4.15. The number of esters is 1. The number of alkyl carbamates (subject to hydrolysis) is 1. The molecule has 0 unspecified atom stereocenters. The second-order valence-corrected chi connectivity index (χ2v) is 8.25. The number of benzene rings is 1. The maximum Gasteiger partial charge on any atom is 0.416 e. The third-order valence-corrected chi connectivity index (χ3v) is 4.15. The maximum atomic E-state index is 12.7. The number of ether oxygens (including phenoxy) is 2. The van der Waals surface area contributed by atoms with Crippen molar-refractivity contribution in [2.24, 2.45) is 5.92 Å². The number of hydrogen-bond acceptors (Lipinski definition) is 4. The number of halogens is 3. The molecule has 1 rings (SSSR count). The van der Waals surface area contributed by atoms with Crippen molar-refractivity contribution in [3.8, 4) is 0 Å². The van der Waals surface area contributed by atoms with Crippen molar-refractivity contribution in [2.45, 2.75) is 71.4 Å². The van der Waals surface area contributed by atoms with Gasteiger partial charge in [-0.05, 0) is 71.1 Å². The molecular formula is C22H30F3NO4. The number of allylic oxidation sites excluding steroid dienone is 1. The van der Waals surface area contributed by atoms with E-state index in [9.17, 15) is 22.8 Å². The quantitative estimate of drug-likeness (QED) is 0.451. The molecule has 0 aromatic heterocycles. The Morgan fingerprint density at radius 2 is 1.70 bits per heavy atom. The van der Waals surface area contributed by atoms with Crippen LogP contribution in [0.25, 0.3) is 0 Å². The van der Waals surface area contributed by atoms with Gasteiger partial charge in [0.2, 0.25) is 0 Å². The summed E-state index contributed by atoms with van der Waals surface area (Å²) in [4.78, 5) is 23.9. The normalized spacial score (nSPS) is 14.9. The number of nitrogens with one attached hydrogen (secondary N) is 1. The lowest BCUT2D eigenvalue weighted by Crippen LogP contribution is -2.43. The van der Waals surface area contributed by atoms with E-state index in [0.717, 1.165) is 17.7 Å². The van der Waals surface area contributed by atoms with E-state index in [1.165, 1.54) is 19.1 Å². The predicted octanol–water partition coefficient (Wildman–Crippen LogP) is 5.29. The second-order valence-electron chi connectivity index (χ2n) is 8.25. The number of carbonyl (C=O) groups excluding carboxylic acids is 2. The molecule has 0 saturated heterocycles. The lowest BCUT2D eigenvalue weighted by atomic mass is 9.93. The summed E-state index contributed by atoms with van der Waals surface area (Å²) in [5.41, 5.74) is -0.655.